The van der Waals surface area contributed by atoms with Gasteiger partial charge in [0.05, 0.1) is 6.54 Å². The standard InChI is InChI=1S/C21H22N4O2/c1-15-21(27)24(13-17-5-3-2-4-6-17)14-20-23-22-19(25(15)20)12-9-16-7-10-18(26)11-8-16/h2-8,10-11,15,26H,9,12-14H2,1H3/t15-/m1/s1. The second kappa shape index (κ2) is 7.23. The van der Waals surface area contributed by atoms with Gasteiger partial charge in [-0.2, -0.15) is 0 Å². The minimum Gasteiger partial charge on any atom is -0.508 e. The van der Waals surface area contributed by atoms with E-state index < -0.39 is 0 Å². The minimum absolute atomic E-state index is 0.0945. The third-order valence-electron chi connectivity index (χ3n) is 5.02. The largest absolute Gasteiger partial charge is 0.508 e. The lowest BCUT2D eigenvalue weighted by Crippen LogP contribution is -2.41. The van der Waals surface area contributed by atoms with Crippen molar-refractivity contribution in [1.82, 2.24) is 19.7 Å². The van der Waals surface area contributed by atoms with Crippen molar-refractivity contribution in [2.75, 3.05) is 0 Å². The molecule has 3 aromatic rings. The van der Waals surface area contributed by atoms with Gasteiger partial charge >= 0.3 is 0 Å². The number of nitrogens with zero attached hydrogens (tertiary/aromatic N) is 4. The number of fused-ring (bicyclic) bond motifs is 1. The second-order valence-electron chi connectivity index (χ2n) is 6.92. The maximum atomic E-state index is 12.9. The third-order valence-corrected chi connectivity index (χ3v) is 5.02. The van der Waals surface area contributed by atoms with Crippen molar-refractivity contribution in [2.24, 2.45) is 0 Å². The van der Waals surface area contributed by atoms with Crippen LogP contribution in [0.4, 0.5) is 0 Å². The molecule has 0 spiro atoms. The molecule has 1 amide bonds. The number of benzene rings is 2. The molecule has 0 saturated carbocycles. The fourth-order valence-electron chi connectivity index (χ4n) is 3.57. The summed E-state index contributed by atoms with van der Waals surface area (Å²) in [6.07, 6.45) is 1.49. The van der Waals surface area contributed by atoms with Gasteiger partial charge in [-0.15, -0.1) is 10.2 Å². The van der Waals surface area contributed by atoms with E-state index in [1.54, 1.807) is 12.1 Å². The lowest BCUT2D eigenvalue weighted by atomic mass is 10.1. The topological polar surface area (TPSA) is 71.2 Å². The molecule has 2 heterocycles. The average molecular weight is 362 g/mol. The van der Waals surface area contributed by atoms with E-state index in [1.165, 1.54) is 0 Å². The zero-order chi connectivity index (χ0) is 18.8. The van der Waals surface area contributed by atoms with E-state index in [0.717, 1.165) is 29.2 Å². The maximum Gasteiger partial charge on any atom is 0.246 e. The Bertz CT molecular complexity index is 935. The minimum atomic E-state index is -0.303. The molecule has 4 rings (SSSR count). The van der Waals surface area contributed by atoms with Crippen molar-refractivity contribution in [2.45, 2.75) is 38.9 Å². The normalized spacial score (nSPS) is 16.4. The quantitative estimate of drug-likeness (QED) is 0.758. The molecule has 1 atom stereocenters. The number of rotatable bonds is 5. The highest BCUT2D eigenvalue weighted by Gasteiger charge is 2.32. The van der Waals surface area contributed by atoms with Crippen molar-refractivity contribution in [3.8, 4) is 5.75 Å². The Kier molecular flexibility index (Phi) is 4.62. The number of aromatic hydroxyl groups is 1. The van der Waals surface area contributed by atoms with E-state index in [9.17, 15) is 9.90 Å². The summed E-state index contributed by atoms with van der Waals surface area (Å²) in [5.74, 6) is 2.02. The van der Waals surface area contributed by atoms with Gasteiger partial charge in [-0.1, -0.05) is 42.5 Å². The van der Waals surface area contributed by atoms with Crippen LogP contribution in [0.5, 0.6) is 5.75 Å². The Morgan fingerprint density at radius 1 is 1.00 bits per heavy atom. The zero-order valence-electron chi connectivity index (χ0n) is 15.2. The fourth-order valence-corrected chi connectivity index (χ4v) is 3.57. The smallest absolute Gasteiger partial charge is 0.246 e. The van der Waals surface area contributed by atoms with Gasteiger partial charge in [0.1, 0.15) is 17.6 Å². The molecule has 0 saturated heterocycles. The Hall–Kier alpha value is -3.15. The molecule has 138 valence electrons. The summed E-state index contributed by atoms with van der Waals surface area (Å²) in [4.78, 5) is 14.7. The Balaban J connectivity index is 1.50. The van der Waals surface area contributed by atoms with Crippen LogP contribution in [-0.4, -0.2) is 30.7 Å². The lowest BCUT2D eigenvalue weighted by Gasteiger charge is -2.32. The molecule has 1 aliphatic rings. The van der Waals surface area contributed by atoms with Gasteiger partial charge in [0, 0.05) is 13.0 Å². The molecule has 0 radical (unpaired) electrons. The second-order valence-corrected chi connectivity index (χ2v) is 6.92. The van der Waals surface area contributed by atoms with Crippen LogP contribution in [0.25, 0.3) is 0 Å². The predicted octanol–water partition coefficient (Wildman–Crippen LogP) is 2.87. The van der Waals surface area contributed by atoms with Crippen molar-refractivity contribution < 1.29 is 9.90 Å². The number of amides is 1. The van der Waals surface area contributed by atoms with E-state index in [0.29, 0.717) is 19.5 Å². The van der Waals surface area contributed by atoms with Gasteiger partial charge in [-0.3, -0.25) is 4.79 Å². The predicted molar refractivity (Wildman–Crippen MR) is 101 cm³/mol. The maximum absolute atomic E-state index is 12.9. The van der Waals surface area contributed by atoms with Gasteiger partial charge in [-0.05, 0) is 36.6 Å². The van der Waals surface area contributed by atoms with Crippen LogP contribution in [0.15, 0.2) is 54.6 Å². The summed E-state index contributed by atoms with van der Waals surface area (Å²) in [5.41, 5.74) is 2.23. The van der Waals surface area contributed by atoms with Crippen molar-refractivity contribution in [3.63, 3.8) is 0 Å². The lowest BCUT2D eigenvalue weighted by molar-refractivity contribution is -0.137. The van der Waals surface area contributed by atoms with Crippen LogP contribution in [-0.2, 0) is 30.7 Å². The number of carbonyl (C=O) groups excluding carboxylic acids is 1. The van der Waals surface area contributed by atoms with Crippen LogP contribution in [0, 0.1) is 0 Å². The van der Waals surface area contributed by atoms with Crippen LogP contribution < -0.4 is 0 Å². The number of aromatic nitrogens is 3. The van der Waals surface area contributed by atoms with Crippen LogP contribution in [0.1, 0.15) is 35.7 Å². The molecule has 1 aromatic heterocycles. The molecule has 27 heavy (non-hydrogen) atoms. The summed E-state index contributed by atoms with van der Waals surface area (Å²) in [6.45, 7) is 2.97. The summed E-state index contributed by atoms with van der Waals surface area (Å²) in [5, 5.41) is 18.1. The first-order chi connectivity index (χ1) is 13.1. The Labute approximate surface area is 158 Å². The van der Waals surface area contributed by atoms with E-state index in [-0.39, 0.29) is 17.7 Å². The molecular formula is C21H22N4O2. The fraction of sp³-hybridized carbons (Fsp3) is 0.286. The van der Waals surface area contributed by atoms with Crippen molar-refractivity contribution in [3.05, 3.63) is 77.4 Å². The molecule has 2 aromatic carbocycles. The SMILES string of the molecule is C[C@@H]1C(=O)N(Cc2ccccc2)Cc2nnc(CCc3ccc(O)cc3)n21. The van der Waals surface area contributed by atoms with Gasteiger partial charge in [-0.25, -0.2) is 0 Å². The number of phenolic OH excluding ortho intramolecular Hbond substituents is 1. The van der Waals surface area contributed by atoms with Crippen LogP contribution in [0.3, 0.4) is 0 Å². The first-order valence-electron chi connectivity index (χ1n) is 9.15. The highest BCUT2D eigenvalue weighted by atomic mass is 16.3. The summed E-state index contributed by atoms with van der Waals surface area (Å²) in [7, 11) is 0. The van der Waals surface area contributed by atoms with E-state index >= 15 is 0 Å². The first kappa shape index (κ1) is 17.3. The number of hydrogen-bond donors (Lipinski definition) is 1. The number of hydrogen-bond acceptors (Lipinski definition) is 4. The van der Waals surface area contributed by atoms with Gasteiger partial charge in [0.15, 0.2) is 5.82 Å². The number of carbonyl (C=O) groups is 1. The molecule has 0 aliphatic carbocycles. The number of phenols is 1. The molecule has 0 unspecified atom stereocenters. The van der Waals surface area contributed by atoms with E-state index in [4.69, 9.17) is 0 Å². The Morgan fingerprint density at radius 3 is 2.48 bits per heavy atom. The molecule has 0 bridgehead atoms. The summed E-state index contributed by atoms with van der Waals surface area (Å²) < 4.78 is 1.98. The van der Waals surface area contributed by atoms with Crippen molar-refractivity contribution >= 4 is 5.91 Å². The molecule has 6 nitrogen and oxygen atoms in total. The molecule has 6 heteroatoms. The Morgan fingerprint density at radius 2 is 1.74 bits per heavy atom. The molecular weight excluding hydrogens is 340 g/mol. The highest BCUT2D eigenvalue weighted by Crippen LogP contribution is 2.25. The van der Waals surface area contributed by atoms with Crippen LogP contribution in [0.2, 0.25) is 0 Å². The molecule has 1 N–H and O–H groups in total. The van der Waals surface area contributed by atoms with E-state index in [1.807, 2.05) is 58.9 Å². The van der Waals surface area contributed by atoms with Gasteiger partial charge in [0.2, 0.25) is 5.91 Å². The summed E-state index contributed by atoms with van der Waals surface area (Å²) in [6, 6.07) is 16.9. The van der Waals surface area contributed by atoms with Gasteiger partial charge in [0.25, 0.3) is 0 Å². The van der Waals surface area contributed by atoms with Gasteiger partial charge < -0.3 is 14.6 Å². The number of aryl methyl sites for hydroxylation is 2. The zero-order valence-corrected chi connectivity index (χ0v) is 15.2. The average Bonchev–Trinajstić information content (AvgIpc) is 3.09. The first-order valence-corrected chi connectivity index (χ1v) is 9.15. The van der Waals surface area contributed by atoms with E-state index in [2.05, 4.69) is 10.2 Å². The summed E-state index contributed by atoms with van der Waals surface area (Å²) >= 11 is 0. The molecule has 1 aliphatic heterocycles. The highest BCUT2D eigenvalue weighted by molar-refractivity contribution is 5.81. The third kappa shape index (κ3) is 3.56. The van der Waals surface area contributed by atoms with Crippen LogP contribution >= 0.6 is 0 Å². The molecule has 0 fully saturated rings. The monoisotopic (exact) mass is 362 g/mol. The van der Waals surface area contributed by atoms with Crippen molar-refractivity contribution in [1.29, 1.82) is 0 Å².